The summed E-state index contributed by atoms with van der Waals surface area (Å²) in [5.41, 5.74) is 1.98. The minimum Gasteiger partial charge on any atom is -0.445 e. The Balaban J connectivity index is 0.000000158. The first-order chi connectivity index (χ1) is 18.9. The molecular weight excluding hydrogens is 496 g/mol. The van der Waals surface area contributed by atoms with Crippen molar-refractivity contribution in [3.8, 4) is 0 Å². The van der Waals surface area contributed by atoms with Crippen molar-refractivity contribution in [1.82, 2.24) is 9.80 Å². The molecule has 4 aliphatic rings. The largest absolute Gasteiger partial charge is 0.445 e. The van der Waals surface area contributed by atoms with Crippen molar-refractivity contribution < 1.29 is 28.7 Å². The number of amides is 2. The van der Waals surface area contributed by atoms with Crippen LogP contribution in [-0.2, 0) is 32.3 Å². The molecule has 2 heterocycles. The molecule has 2 aromatic rings. The molecule has 0 unspecified atom stereocenters. The Bertz CT molecular complexity index is 1170. The van der Waals surface area contributed by atoms with E-state index in [0.29, 0.717) is 93.9 Å². The third-order valence-corrected chi connectivity index (χ3v) is 8.59. The second kappa shape index (κ2) is 12.0. The number of ketones is 2. The monoisotopic (exact) mass is 532 g/mol. The number of carbonyl (C=O) groups excluding carboxylic acids is 4. The molecule has 5 atom stereocenters. The van der Waals surface area contributed by atoms with Crippen LogP contribution in [0.2, 0.25) is 0 Å². The van der Waals surface area contributed by atoms with Crippen LogP contribution >= 0.6 is 0 Å². The molecule has 8 nitrogen and oxygen atoms in total. The maximum atomic E-state index is 12.1. The predicted molar refractivity (Wildman–Crippen MR) is 143 cm³/mol. The van der Waals surface area contributed by atoms with Crippen LogP contribution in [-0.4, -0.2) is 59.7 Å². The number of hydrogen-bond donors (Lipinski definition) is 0. The van der Waals surface area contributed by atoms with Gasteiger partial charge in [0.25, 0.3) is 0 Å². The van der Waals surface area contributed by atoms with Gasteiger partial charge in [0.15, 0.2) is 0 Å². The number of nitrogens with zero attached hydrogens (tertiary/aromatic N) is 2. The smallest absolute Gasteiger partial charge is 0.410 e. The fraction of sp³-hybridized carbons (Fsp3) is 0.484. The number of fused-ring (bicyclic) bond motifs is 2. The Labute approximate surface area is 229 Å². The van der Waals surface area contributed by atoms with Gasteiger partial charge < -0.3 is 19.3 Å². The Hall–Kier alpha value is -3.68. The van der Waals surface area contributed by atoms with Crippen molar-refractivity contribution in [3.63, 3.8) is 0 Å². The third kappa shape index (κ3) is 6.49. The van der Waals surface area contributed by atoms with Crippen LogP contribution in [0.1, 0.15) is 37.3 Å². The predicted octanol–water partition coefficient (Wildman–Crippen LogP) is 4.71. The molecule has 0 radical (unpaired) electrons. The van der Waals surface area contributed by atoms with Gasteiger partial charge in [0.1, 0.15) is 24.8 Å². The Morgan fingerprint density at radius 3 is 1.64 bits per heavy atom. The molecule has 2 saturated carbocycles. The van der Waals surface area contributed by atoms with Gasteiger partial charge in [0, 0.05) is 51.4 Å². The van der Waals surface area contributed by atoms with Crippen LogP contribution in [0.3, 0.4) is 0 Å². The molecule has 39 heavy (non-hydrogen) atoms. The van der Waals surface area contributed by atoms with Crippen LogP contribution in [0.15, 0.2) is 60.7 Å². The lowest BCUT2D eigenvalue weighted by molar-refractivity contribution is -0.121. The highest BCUT2D eigenvalue weighted by Gasteiger charge is 2.47. The molecule has 0 aromatic heterocycles. The van der Waals surface area contributed by atoms with E-state index in [9.17, 15) is 19.2 Å². The van der Waals surface area contributed by atoms with Crippen LogP contribution in [0.4, 0.5) is 9.59 Å². The number of carbonyl (C=O) groups is 4. The summed E-state index contributed by atoms with van der Waals surface area (Å²) in [4.78, 5) is 50.4. The molecule has 4 fully saturated rings. The van der Waals surface area contributed by atoms with E-state index in [4.69, 9.17) is 9.47 Å². The lowest BCUT2D eigenvalue weighted by Crippen LogP contribution is -2.31. The minimum absolute atomic E-state index is 0.0897. The number of rotatable bonds is 4. The van der Waals surface area contributed by atoms with Crippen molar-refractivity contribution in [3.05, 3.63) is 71.8 Å². The molecule has 6 rings (SSSR count). The molecule has 2 amide bonds. The number of likely N-dealkylation sites (tertiary alicyclic amines) is 2. The summed E-state index contributed by atoms with van der Waals surface area (Å²) in [6, 6.07) is 19.3. The molecule has 2 aliphatic carbocycles. The zero-order valence-corrected chi connectivity index (χ0v) is 22.4. The van der Waals surface area contributed by atoms with Gasteiger partial charge in [-0.25, -0.2) is 9.59 Å². The van der Waals surface area contributed by atoms with Gasteiger partial charge in [-0.1, -0.05) is 67.6 Å². The van der Waals surface area contributed by atoms with Crippen LogP contribution in [0, 0.1) is 29.6 Å². The summed E-state index contributed by atoms with van der Waals surface area (Å²) in [6.45, 7) is 5.25. The van der Waals surface area contributed by atoms with Gasteiger partial charge in [0.2, 0.25) is 0 Å². The van der Waals surface area contributed by atoms with E-state index in [1.165, 1.54) is 0 Å². The Morgan fingerprint density at radius 2 is 1.15 bits per heavy atom. The zero-order valence-electron chi connectivity index (χ0n) is 22.4. The van der Waals surface area contributed by atoms with Gasteiger partial charge in [0.05, 0.1) is 0 Å². The molecule has 0 spiro atoms. The zero-order chi connectivity index (χ0) is 27.4. The standard InChI is InChI=1S/C16H19NO3.C15H17NO3/c1-11-14-9-17(8-13(14)7-15(11)18)16(19)20-10-12-5-3-2-4-6-12;17-14-6-12-8-16(9-13(12)7-14)15(18)19-10-11-4-2-1-3-5-11/h2-6,11,13-14H,7-10H2,1H3;1-5,12-13H,6-10H2/t11-,13-,14-;12-,13+/m1./s1. The molecule has 8 heteroatoms. The Morgan fingerprint density at radius 1 is 0.692 bits per heavy atom. The van der Waals surface area contributed by atoms with Crippen LogP contribution < -0.4 is 0 Å². The van der Waals surface area contributed by atoms with Gasteiger partial charge in [-0.15, -0.1) is 0 Å². The van der Waals surface area contributed by atoms with Crippen molar-refractivity contribution >= 4 is 23.8 Å². The van der Waals surface area contributed by atoms with E-state index < -0.39 is 0 Å². The molecule has 0 N–H and O–H groups in total. The van der Waals surface area contributed by atoms with Crippen molar-refractivity contribution in [2.24, 2.45) is 29.6 Å². The van der Waals surface area contributed by atoms with Crippen LogP contribution in [0.25, 0.3) is 0 Å². The number of Topliss-reactive ketones (excluding diaryl/α,β-unsaturated/α-hetero) is 2. The average molecular weight is 533 g/mol. The quantitative estimate of drug-likeness (QED) is 0.566. The third-order valence-electron chi connectivity index (χ3n) is 8.59. The van der Waals surface area contributed by atoms with E-state index in [2.05, 4.69) is 0 Å². The van der Waals surface area contributed by atoms with Gasteiger partial charge in [-0.3, -0.25) is 9.59 Å². The van der Waals surface area contributed by atoms with Crippen molar-refractivity contribution in [1.29, 1.82) is 0 Å². The van der Waals surface area contributed by atoms with Gasteiger partial charge >= 0.3 is 12.2 Å². The minimum atomic E-state index is -0.261. The number of ether oxygens (including phenoxy) is 2. The SMILES string of the molecule is C[C@H]1C(=O)C[C@@H]2CN(C(=O)OCc3ccccc3)C[C@@H]21.O=C1C[C@@H]2CN(C(=O)OCc3ccccc3)C[C@@H]2C1. The van der Waals surface area contributed by atoms with Crippen LogP contribution in [0.5, 0.6) is 0 Å². The fourth-order valence-corrected chi connectivity index (χ4v) is 6.35. The summed E-state index contributed by atoms with van der Waals surface area (Å²) in [5, 5.41) is 0. The van der Waals surface area contributed by atoms with Crippen molar-refractivity contribution in [2.45, 2.75) is 39.4 Å². The summed E-state index contributed by atoms with van der Waals surface area (Å²) in [6.07, 6.45) is 1.36. The fourth-order valence-electron chi connectivity index (χ4n) is 6.35. The first kappa shape index (κ1) is 26.9. The molecule has 2 saturated heterocycles. The highest BCUT2D eigenvalue weighted by atomic mass is 16.6. The van der Waals surface area contributed by atoms with Gasteiger partial charge in [-0.05, 0) is 34.8 Å². The summed E-state index contributed by atoms with van der Waals surface area (Å²) < 4.78 is 10.6. The summed E-state index contributed by atoms with van der Waals surface area (Å²) >= 11 is 0. The van der Waals surface area contributed by atoms with E-state index in [-0.39, 0.29) is 18.1 Å². The van der Waals surface area contributed by atoms with E-state index in [1.807, 2.05) is 67.6 Å². The Kier molecular flexibility index (Phi) is 8.29. The van der Waals surface area contributed by atoms with Crippen molar-refractivity contribution in [2.75, 3.05) is 26.2 Å². The van der Waals surface area contributed by atoms with E-state index in [0.717, 1.165) is 11.1 Å². The highest BCUT2D eigenvalue weighted by Crippen LogP contribution is 2.40. The lowest BCUT2D eigenvalue weighted by Gasteiger charge is -2.18. The maximum Gasteiger partial charge on any atom is 0.410 e. The van der Waals surface area contributed by atoms with Gasteiger partial charge in [-0.2, -0.15) is 0 Å². The molecule has 2 aliphatic heterocycles. The summed E-state index contributed by atoms with van der Waals surface area (Å²) in [5.74, 6) is 2.15. The second-order valence-corrected chi connectivity index (χ2v) is 11.2. The normalized spacial score (nSPS) is 27.1. The second-order valence-electron chi connectivity index (χ2n) is 11.2. The molecule has 206 valence electrons. The summed E-state index contributed by atoms with van der Waals surface area (Å²) in [7, 11) is 0. The maximum absolute atomic E-state index is 12.1. The number of hydrogen-bond acceptors (Lipinski definition) is 6. The van der Waals surface area contributed by atoms with E-state index >= 15 is 0 Å². The first-order valence-electron chi connectivity index (χ1n) is 13.8. The lowest BCUT2D eigenvalue weighted by atomic mass is 9.94. The average Bonchev–Trinajstić information content (AvgIpc) is 3.69. The molecule has 2 aromatic carbocycles. The molecular formula is C31H36N2O6. The first-order valence-corrected chi connectivity index (χ1v) is 13.8. The number of benzene rings is 2. The topological polar surface area (TPSA) is 93.2 Å². The van der Waals surface area contributed by atoms with E-state index in [1.54, 1.807) is 9.80 Å². The molecule has 0 bridgehead atoms. The highest BCUT2D eigenvalue weighted by molar-refractivity contribution is 5.84.